The number of rotatable bonds is 6. The van der Waals surface area contributed by atoms with Gasteiger partial charge in [-0.25, -0.2) is 4.98 Å². The molecule has 0 fully saturated rings. The molecule has 2 aromatic heterocycles. The molecule has 148 valence electrons. The molecule has 0 atom stereocenters. The zero-order valence-corrected chi connectivity index (χ0v) is 15.8. The summed E-state index contributed by atoms with van der Waals surface area (Å²) in [6.45, 7) is 0. The Balaban J connectivity index is 1.35. The molecule has 0 spiro atoms. The fraction of sp³-hybridized carbons (Fsp3) is 0. The molecule has 0 bridgehead atoms. The van der Waals surface area contributed by atoms with Crippen molar-refractivity contribution in [3.63, 3.8) is 0 Å². The van der Waals surface area contributed by atoms with Gasteiger partial charge < -0.3 is 20.4 Å². The molecule has 3 N–H and O–H groups in total. The Labute approximate surface area is 172 Å². The van der Waals surface area contributed by atoms with Crippen molar-refractivity contribution in [1.82, 2.24) is 4.98 Å². The topological polar surface area (TPSA) is 96.3 Å². The van der Waals surface area contributed by atoms with E-state index in [-0.39, 0.29) is 17.6 Å². The van der Waals surface area contributed by atoms with E-state index >= 15 is 0 Å². The summed E-state index contributed by atoms with van der Waals surface area (Å²) in [7, 11) is 0. The first-order valence-corrected chi connectivity index (χ1v) is 9.22. The molecule has 0 saturated carbocycles. The van der Waals surface area contributed by atoms with Gasteiger partial charge in [0.1, 0.15) is 5.82 Å². The zero-order valence-electron chi connectivity index (χ0n) is 15.8. The first-order chi connectivity index (χ1) is 14.7. The number of benzene rings is 2. The van der Waals surface area contributed by atoms with Gasteiger partial charge in [-0.15, -0.1) is 0 Å². The Kier molecular flexibility index (Phi) is 5.52. The molecule has 0 radical (unpaired) electrons. The molecular formula is C23H18N4O3. The van der Waals surface area contributed by atoms with Crippen LogP contribution in [0.3, 0.4) is 0 Å². The van der Waals surface area contributed by atoms with Crippen molar-refractivity contribution in [3.8, 4) is 0 Å². The molecule has 30 heavy (non-hydrogen) atoms. The van der Waals surface area contributed by atoms with Crippen molar-refractivity contribution in [1.29, 1.82) is 0 Å². The number of furan rings is 1. The van der Waals surface area contributed by atoms with Crippen LogP contribution in [0.4, 0.5) is 22.9 Å². The summed E-state index contributed by atoms with van der Waals surface area (Å²) < 4.78 is 5.05. The number of hydrogen-bond acceptors (Lipinski definition) is 5. The number of nitrogens with one attached hydrogen (secondary N) is 3. The van der Waals surface area contributed by atoms with Gasteiger partial charge in [0.2, 0.25) is 0 Å². The van der Waals surface area contributed by atoms with E-state index in [1.165, 1.54) is 6.26 Å². The quantitative estimate of drug-likeness (QED) is 0.428. The number of para-hydroxylation sites is 1. The van der Waals surface area contributed by atoms with E-state index in [1.54, 1.807) is 54.7 Å². The lowest BCUT2D eigenvalue weighted by Crippen LogP contribution is -2.13. The normalized spacial score (nSPS) is 10.3. The van der Waals surface area contributed by atoms with Gasteiger partial charge in [0.25, 0.3) is 11.8 Å². The summed E-state index contributed by atoms with van der Waals surface area (Å²) in [6, 6.07) is 23.0. The Morgan fingerprint density at radius 1 is 0.700 bits per heavy atom. The predicted molar refractivity (Wildman–Crippen MR) is 115 cm³/mol. The molecule has 2 amide bonds. The van der Waals surface area contributed by atoms with Crippen LogP contribution in [0, 0.1) is 0 Å². The number of hydrogen-bond donors (Lipinski definition) is 3. The molecule has 0 aliphatic carbocycles. The van der Waals surface area contributed by atoms with E-state index in [0.29, 0.717) is 22.8 Å². The summed E-state index contributed by atoms with van der Waals surface area (Å²) in [5.41, 5.74) is 2.53. The van der Waals surface area contributed by atoms with Gasteiger partial charge in [-0.05, 0) is 60.7 Å². The summed E-state index contributed by atoms with van der Waals surface area (Å²) >= 11 is 0. The number of nitrogens with zero attached hydrogens (tertiary/aromatic N) is 1. The van der Waals surface area contributed by atoms with Crippen LogP contribution >= 0.6 is 0 Å². The van der Waals surface area contributed by atoms with Crippen molar-refractivity contribution in [3.05, 3.63) is 103 Å². The molecule has 2 heterocycles. The second-order valence-corrected chi connectivity index (χ2v) is 6.39. The lowest BCUT2D eigenvalue weighted by molar-refractivity contribution is 0.0995. The number of anilines is 4. The minimum absolute atomic E-state index is 0.217. The molecule has 0 aliphatic heterocycles. The van der Waals surface area contributed by atoms with Gasteiger partial charge in [-0.2, -0.15) is 0 Å². The molecule has 7 heteroatoms. The smallest absolute Gasteiger partial charge is 0.291 e. The molecule has 4 rings (SSSR count). The van der Waals surface area contributed by atoms with Gasteiger partial charge in [-0.1, -0.05) is 18.2 Å². The van der Waals surface area contributed by atoms with Crippen molar-refractivity contribution in [2.24, 2.45) is 0 Å². The largest absolute Gasteiger partial charge is 0.459 e. The Hall–Kier alpha value is -4.39. The van der Waals surface area contributed by atoms with Gasteiger partial charge in [-0.3, -0.25) is 9.59 Å². The number of carbonyl (C=O) groups excluding carboxylic acids is 2. The van der Waals surface area contributed by atoms with Crippen LogP contribution in [0.1, 0.15) is 20.9 Å². The van der Waals surface area contributed by atoms with Crippen LogP contribution < -0.4 is 16.0 Å². The fourth-order valence-corrected chi connectivity index (χ4v) is 2.72. The highest BCUT2D eigenvalue weighted by molar-refractivity contribution is 6.05. The molecule has 0 aliphatic rings. The highest BCUT2D eigenvalue weighted by atomic mass is 16.3. The second-order valence-electron chi connectivity index (χ2n) is 6.39. The van der Waals surface area contributed by atoms with Crippen molar-refractivity contribution in [2.75, 3.05) is 16.0 Å². The van der Waals surface area contributed by atoms with Gasteiger partial charge >= 0.3 is 0 Å². The maximum atomic E-state index is 12.5. The van der Waals surface area contributed by atoms with E-state index in [4.69, 9.17) is 4.42 Å². The third-order valence-corrected chi connectivity index (χ3v) is 4.22. The summed E-state index contributed by atoms with van der Waals surface area (Å²) in [4.78, 5) is 28.7. The Bertz CT molecular complexity index is 1120. The van der Waals surface area contributed by atoms with Crippen LogP contribution in [0.15, 0.2) is 95.7 Å². The fourth-order valence-electron chi connectivity index (χ4n) is 2.72. The summed E-state index contributed by atoms with van der Waals surface area (Å²) in [5, 5.41) is 8.69. The highest BCUT2D eigenvalue weighted by Gasteiger charge is 2.10. The van der Waals surface area contributed by atoms with Crippen molar-refractivity contribution >= 4 is 34.7 Å². The average Bonchev–Trinajstić information content (AvgIpc) is 3.32. The maximum Gasteiger partial charge on any atom is 0.291 e. The van der Waals surface area contributed by atoms with Gasteiger partial charge in [0.15, 0.2) is 5.76 Å². The standard InChI is InChI=1S/C23H18N4O3/c28-22(16-8-10-18(11-9-16)26-23(29)20-7-4-14-30-20)27-19-12-13-21(24-15-19)25-17-5-2-1-3-6-17/h1-15H,(H,24,25)(H,26,29)(H,27,28). The first kappa shape index (κ1) is 18.9. The SMILES string of the molecule is O=C(Nc1ccc(Nc2ccccc2)nc1)c1ccc(NC(=O)c2ccco2)cc1. The van der Waals surface area contributed by atoms with Crippen LogP contribution in [-0.2, 0) is 0 Å². The number of aromatic nitrogens is 1. The van der Waals surface area contributed by atoms with Crippen LogP contribution in [0.25, 0.3) is 0 Å². The number of carbonyl (C=O) groups is 2. The minimum atomic E-state index is -0.354. The van der Waals surface area contributed by atoms with E-state index in [1.807, 2.05) is 30.3 Å². The number of pyridine rings is 1. The minimum Gasteiger partial charge on any atom is -0.459 e. The molecule has 7 nitrogen and oxygen atoms in total. The van der Waals surface area contributed by atoms with E-state index < -0.39 is 0 Å². The Morgan fingerprint density at radius 2 is 1.43 bits per heavy atom. The van der Waals surface area contributed by atoms with Crippen molar-refractivity contribution < 1.29 is 14.0 Å². The highest BCUT2D eigenvalue weighted by Crippen LogP contribution is 2.17. The molecule has 2 aromatic carbocycles. The van der Waals surface area contributed by atoms with Crippen LogP contribution in [-0.4, -0.2) is 16.8 Å². The second kappa shape index (κ2) is 8.74. The summed E-state index contributed by atoms with van der Waals surface area (Å²) in [6.07, 6.45) is 3.02. The van der Waals surface area contributed by atoms with E-state index in [9.17, 15) is 9.59 Å². The number of amides is 2. The average molecular weight is 398 g/mol. The maximum absolute atomic E-state index is 12.5. The van der Waals surface area contributed by atoms with Crippen molar-refractivity contribution in [2.45, 2.75) is 0 Å². The summed E-state index contributed by atoms with van der Waals surface area (Å²) in [5.74, 6) is 0.266. The monoisotopic (exact) mass is 398 g/mol. The molecular weight excluding hydrogens is 380 g/mol. The Morgan fingerprint density at radius 3 is 2.10 bits per heavy atom. The predicted octanol–water partition coefficient (Wildman–Crippen LogP) is 4.92. The van der Waals surface area contributed by atoms with E-state index in [2.05, 4.69) is 20.9 Å². The third-order valence-electron chi connectivity index (χ3n) is 4.22. The van der Waals surface area contributed by atoms with Crippen LogP contribution in [0.2, 0.25) is 0 Å². The van der Waals surface area contributed by atoms with Gasteiger partial charge in [0, 0.05) is 16.9 Å². The molecule has 0 saturated heterocycles. The third kappa shape index (κ3) is 4.71. The molecule has 0 unspecified atom stereocenters. The lowest BCUT2D eigenvalue weighted by Gasteiger charge is -2.08. The van der Waals surface area contributed by atoms with Crippen LogP contribution in [0.5, 0.6) is 0 Å². The van der Waals surface area contributed by atoms with Gasteiger partial charge in [0.05, 0.1) is 18.1 Å². The van der Waals surface area contributed by atoms with E-state index in [0.717, 1.165) is 5.69 Å². The first-order valence-electron chi connectivity index (χ1n) is 9.22. The molecule has 4 aromatic rings. The lowest BCUT2D eigenvalue weighted by atomic mass is 10.2. The zero-order chi connectivity index (χ0) is 20.8.